The maximum absolute atomic E-state index is 12.4. The second-order valence-electron chi connectivity index (χ2n) is 6.86. The molecule has 0 aromatic carbocycles. The molecule has 0 spiro atoms. The monoisotopic (exact) mass is 307 g/mol. The maximum atomic E-state index is 12.4. The summed E-state index contributed by atoms with van der Waals surface area (Å²) >= 11 is 0. The molecule has 5 heteroatoms. The lowest BCUT2D eigenvalue weighted by Crippen LogP contribution is -2.50. The SMILES string of the molecule is CC(C)CNC(=O)N1CCC[C@@H](C(=O)N[C@@H]2CC=CCC2)C1. The van der Waals surface area contributed by atoms with E-state index in [0.717, 1.165) is 38.6 Å². The van der Waals surface area contributed by atoms with Crippen LogP contribution in [0.2, 0.25) is 0 Å². The molecule has 5 nitrogen and oxygen atoms in total. The smallest absolute Gasteiger partial charge is 0.317 e. The molecule has 0 radical (unpaired) electrons. The van der Waals surface area contributed by atoms with Gasteiger partial charge in [0.25, 0.3) is 0 Å². The Morgan fingerprint density at radius 1 is 1.27 bits per heavy atom. The number of urea groups is 1. The van der Waals surface area contributed by atoms with Crippen molar-refractivity contribution in [1.82, 2.24) is 15.5 Å². The van der Waals surface area contributed by atoms with Crippen LogP contribution in [0.15, 0.2) is 12.2 Å². The van der Waals surface area contributed by atoms with Gasteiger partial charge >= 0.3 is 6.03 Å². The van der Waals surface area contributed by atoms with Crippen molar-refractivity contribution in [3.8, 4) is 0 Å². The van der Waals surface area contributed by atoms with Gasteiger partial charge in [-0.1, -0.05) is 26.0 Å². The Bertz CT molecular complexity index is 420. The molecular formula is C17H29N3O2. The van der Waals surface area contributed by atoms with Gasteiger partial charge in [-0.25, -0.2) is 4.79 Å². The average molecular weight is 307 g/mol. The summed E-state index contributed by atoms with van der Waals surface area (Å²) in [4.78, 5) is 26.3. The molecule has 1 aliphatic heterocycles. The van der Waals surface area contributed by atoms with Crippen molar-refractivity contribution < 1.29 is 9.59 Å². The summed E-state index contributed by atoms with van der Waals surface area (Å²) in [5.41, 5.74) is 0. The van der Waals surface area contributed by atoms with Crippen LogP contribution in [0.4, 0.5) is 4.79 Å². The molecule has 0 saturated carbocycles. The highest BCUT2D eigenvalue weighted by molar-refractivity contribution is 5.81. The van der Waals surface area contributed by atoms with Crippen molar-refractivity contribution in [3.63, 3.8) is 0 Å². The van der Waals surface area contributed by atoms with Crippen LogP contribution < -0.4 is 10.6 Å². The number of rotatable bonds is 4. The average Bonchev–Trinajstić information content (AvgIpc) is 2.53. The van der Waals surface area contributed by atoms with Crippen LogP contribution in [0.3, 0.4) is 0 Å². The van der Waals surface area contributed by atoms with Gasteiger partial charge in [-0.15, -0.1) is 0 Å². The fourth-order valence-corrected chi connectivity index (χ4v) is 3.02. The third kappa shape index (κ3) is 5.04. The number of amides is 3. The highest BCUT2D eigenvalue weighted by Gasteiger charge is 2.29. The Morgan fingerprint density at radius 3 is 2.77 bits per heavy atom. The maximum Gasteiger partial charge on any atom is 0.317 e. The lowest BCUT2D eigenvalue weighted by molar-refractivity contribution is -0.127. The summed E-state index contributed by atoms with van der Waals surface area (Å²) in [6.07, 6.45) is 9.08. The van der Waals surface area contributed by atoms with E-state index >= 15 is 0 Å². The minimum absolute atomic E-state index is 0.0354. The minimum atomic E-state index is -0.0653. The van der Waals surface area contributed by atoms with E-state index in [1.807, 2.05) is 0 Å². The molecule has 0 aromatic rings. The molecule has 0 unspecified atom stereocenters. The van der Waals surface area contributed by atoms with Gasteiger partial charge in [0, 0.05) is 25.7 Å². The van der Waals surface area contributed by atoms with E-state index in [4.69, 9.17) is 0 Å². The lowest BCUT2D eigenvalue weighted by Gasteiger charge is -2.33. The molecule has 1 saturated heterocycles. The molecule has 1 heterocycles. The molecular weight excluding hydrogens is 278 g/mol. The van der Waals surface area contributed by atoms with Crippen molar-refractivity contribution in [2.45, 2.75) is 52.0 Å². The summed E-state index contributed by atoms with van der Waals surface area (Å²) in [6, 6.07) is 0.231. The van der Waals surface area contributed by atoms with Crippen LogP contribution in [0, 0.1) is 11.8 Å². The molecule has 2 atom stereocenters. The van der Waals surface area contributed by atoms with Gasteiger partial charge in [0.15, 0.2) is 0 Å². The number of hydrogen-bond acceptors (Lipinski definition) is 2. The van der Waals surface area contributed by atoms with Crippen molar-refractivity contribution in [1.29, 1.82) is 0 Å². The Kier molecular flexibility index (Phi) is 6.28. The summed E-state index contributed by atoms with van der Waals surface area (Å²) in [6.45, 7) is 6.12. The van der Waals surface area contributed by atoms with E-state index in [0.29, 0.717) is 19.0 Å². The van der Waals surface area contributed by atoms with E-state index in [1.165, 1.54) is 0 Å². The second-order valence-corrected chi connectivity index (χ2v) is 6.86. The number of allylic oxidation sites excluding steroid dienone is 1. The van der Waals surface area contributed by atoms with Crippen molar-refractivity contribution in [2.24, 2.45) is 11.8 Å². The molecule has 2 aliphatic rings. The molecule has 0 aromatic heterocycles. The molecule has 2 N–H and O–H groups in total. The number of nitrogens with one attached hydrogen (secondary N) is 2. The summed E-state index contributed by atoms with van der Waals surface area (Å²) in [5.74, 6) is 0.485. The second kappa shape index (κ2) is 8.20. The largest absolute Gasteiger partial charge is 0.353 e. The summed E-state index contributed by atoms with van der Waals surface area (Å²) in [5, 5.41) is 6.09. The topological polar surface area (TPSA) is 61.4 Å². The Balaban J connectivity index is 1.80. The highest BCUT2D eigenvalue weighted by Crippen LogP contribution is 2.18. The standard InChI is InChI=1S/C17H29N3O2/c1-13(2)11-18-17(22)20-10-6-7-14(12-20)16(21)19-15-8-4-3-5-9-15/h3-4,13-15H,5-12H2,1-2H3,(H,18,22)(H,19,21)/t14-,15-/m1/s1. The van der Waals surface area contributed by atoms with Gasteiger partial charge < -0.3 is 15.5 Å². The fraction of sp³-hybridized carbons (Fsp3) is 0.765. The predicted octanol–water partition coefficient (Wildman–Crippen LogP) is 2.29. The first-order chi connectivity index (χ1) is 10.6. The van der Waals surface area contributed by atoms with Gasteiger partial charge in [-0.3, -0.25) is 4.79 Å². The van der Waals surface area contributed by atoms with Crippen LogP contribution in [-0.2, 0) is 4.79 Å². The van der Waals surface area contributed by atoms with Gasteiger partial charge in [0.05, 0.1) is 5.92 Å². The zero-order valence-electron chi connectivity index (χ0n) is 13.8. The minimum Gasteiger partial charge on any atom is -0.353 e. The lowest BCUT2D eigenvalue weighted by atomic mass is 9.95. The Hall–Kier alpha value is -1.52. The first-order valence-corrected chi connectivity index (χ1v) is 8.54. The first kappa shape index (κ1) is 16.8. The van der Waals surface area contributed by atoms with Crippen molar-refractivity contribution in [2.75, 3.05) is 19.6 Å². The summed E-state index contributed by atoms with van der Waals surface area (Å²) < 4.78 is 0. The third-order valence-electron chi connectivity index (χ3n) is 4.36. The normalized spacial score (nSPS) is 25.1. The Labute approximate surface area is 133 Å². The number of likely N-dealkylation sites (tertiary alicyclic amines) is 1. The molecule has 3 amide bonds. The van der Waals surface area contributed by atoms with Crippen LogP contribution in [0.5, 0.6) is 0 Å². The van der Waals surface area contributed by atoms with Gasteiger partial charge in [0.2, 0.25) is 5.91 Å². The first-order valence-electron chi connectivity index (χ1n) is 8.54. The molecule has 1 fully saturated rings. The van der Waals surface area contributed by atoms with E-state index in [9.17, 15) is 9.59 Å². The molecule has 0 bridgehead atoms. The predicted molar refractivity (Wildman–Crippen MR) is 87.5 cm³/mol. The zero-order valence-corrected chi connectivity index (χ0v) is 13.8. The van der Waals surface area contributed by atoms with E-state index in [2.05, 4.69) is 36.6 Å². The van der Waals surface area contributed by atoms with Crippen LogP contribution in [0.25, 0.3) is 0 Å². The van der Waals surface area contributed by atoms with Gasteiger partial charge in [0.1, 0.15) is 0 Å². The molecule has 2 rings (SSSR count). The highest BCUT2D eigenvalue weighted by atomic mass is 16.2. The van der Waals surface area contributed by atoms with Crippen LogP contribution >= 0.6 is 0 Å². The van der Waals surface area contributed by atoms with Crippen LogP contribution in [-0.4, -0.2) is 42.5 Å². The number of hydrogen-bond donors (Lipinski definition) is 2. The van der Waals surface area contributed by atoms with Crippen molar-refractivity contribution >= 4 is 11.9 Å². The van der Waals surface area contributed by atoms with E-state index in [-0.39, 0.29) is 23.9 Å². The molecule has 1 aliphatic carbocycles. The van der Waals surface area contributed by atoms with E-state index in [1.54, 1.807) is 4.90 Å². The Morgan fingerprint density at radius 2 is 2.09 bits per heavy atom. The number of carbonyl (C=O) groups excluding carboxylic acids is 2. The molecule has 22 heavy (non-hydrogen) atoms. The van der Waals surface area contributed by atoms with Crippen molar-refractivity contribution in [3.05, 3.63) is 12.2 Å². The van der Waals surface area contributed by atoms with E-state index < -0.39 is 0 Å². The number of carbonyl (C=O) groups is 2. The number of nitrogens with zero attached hydrogens (tertiary/aromatic N) is 1. The number of piperidine rings is 1. The van der Waals surface area contributed by atoms with Gasteiger partial charge in [-0.05, 0) is 38.0 Å². The zero-order chi connectivity index (χ0) is 15.9. The van der Waals surface area contributed by atoms with Crippen LogP contribution in [0.1, 0.15) is 46.0 Å². The third-order valence-corrected chi connectivity index (χ3v) is 4.36. The molecule has 124 valence electrons. The van der Waals surface area contributed by atoms with Gasteiger partial charge in [-0.2, -0.15) is 0 Å². The quantitative estimate of drug-likeness (QED) is 0.783. The summed E-state index contributed by atoms with van der Waals surface area (Å²) in [7, 11) is 0. The fourth-order valence-electron chi connectivity index (χ4n) is 3.02.